The molecule has 3 aromatic heterocycles. The number of hydrogen-bond acceptors (Lipinski definition) is 5. The van der Waals surface area contributed by atoms with Crippen molar-refractivity contribution < 1.29 is 23.9 Å². The maximum Gasteiger partial charge on any atom is 0.405 e. The lowest BCUT2D eigenvalue weighted by Gasteiger charge is -2.16. The van der Waals surface area contributed by atoms with Crippen LogP contribution in [0.25, 0.3) is 10.9 Å². The van der Waals surface area contributed by atoms with Crippen LogP contribution < -0.4 is 16.2 Å². The number of aromatic amines is 1. The summed E-state index contributed by atoms with van der Waals surface area (Å²) in [6, 6.07) is 3.47. The second-order valence-corrected chi connectivity index (χ2v) is 9.79. The van der Waals surface area contributed by atoms with E-state index in [1.807, 2.05) is 13.8 Å². The van der Waals surface area contributed by atoms with E-state index in [4.69, 9.17) is 5.11 Å². The van der Waals surface area contributed by atoms with Crippen LogP contribution in [0.2, 0.25) is 0 Å². The molecule has 0 saturated heterocycles. The third-order valence-electron chi connectivity index (χ3n) is 5.91. The number of carbonyl (C=O) groups is 3. The Bertz CT molecular complexity index is 1440. The molecule has 3 amide bonds. The molecule has 3 aromatic rings. The van der Waals surface area contributed by atoms with E-state index in [9.17, 15) is 23.6 Å². The molecule has 1 atom stereocenters. The number of nitrogens with one attached hydrogen (secondary N) is 3. The van der Waals surface area contributed by atoms with Gasteiger partial charge in [-0.05, 0) is 49.5 Å². The summed E-state index contributed by atoms with van der Waals surface area (Å²) in [5.74, 6) is -1.10. The number of rotatable bonds is 11. The number of likely N-dealkylation sites (N-methyl/N-ethyl adjacent to an activating group) is 1. The minimum Gasteiger partial charge on any atom is -0.465 e. The van der Waals surface area contributed by atoms with E-state index < -0.39 is 29.4 Å². The van der Waals surface area contributed by atoms with Crippen molar-refractivity contribution >= 4 is 34.5 Å². The predicted octanol–water partition coefficient (Wildman–Crippen LogP) is 3.11. The molecule has 12 heteroatoms. The average molecular weight is 541 g/mol. The summed E-state index contributed by atoms with van der Waals surface area (Å²) < 4.78 is 15.8. The van der Waals surface area contributed by atoms with Crippen LogP contribution >= 0.6 is 0 Å². The molecule has 3 heterocycles. The van der Waals surface area contributed by atoms with Crippen molar-refractivity contribution in [3.8, 4) is 0 Å². The van der Waals surface area contributed by atoms with Crippen LogP contribution in [0.5, 0.6) is 0 Å². The molecule has 3 rings (SSSR count). The summed E-state index contributed by atoms with van der Waals surface area (Å²) in [5.41, 5.74) is 1.34. The van der Waals surface area contributed by atoms with Gasteiger partial charge in [0.2, 0.25) is 11.8 Å². The first kappa shape index (κ1) is 29.1. The van der Waals surface area contributed by atoms with Crippen molar-refractivity contribution in [3.05, 3.63) is 70.3 Å². The van der Waals surface area contributed by atoms with Crippen molar-refractivity contribution in [1.29, 1.82) is 0 Å². The average Bonchev–Trinajstić information content (AvgIpc) is 3.29. The fraction of sp³-hybridized carbons (Fsp3) is 0.370. The standard InChI is InChI=1S/C27H33FN6O5/c1-16(2)12-22-24-18(19(28)14-29-22)13-17(30-24)15-34-11-7-9-21(26(34)37)31-25(36)20(32-27(38)39)8-5-6-10-23(35)33(3)4/h6-7,9-11,13-14,16,20,30,32H,5,8,12,15H2,1-4H3,(H,31,36)(H,38,39)/b10-6+/t20-/m0/s1. The van der Waals surface area contributed by atoms with Gasteiger partial charge in [-0.25, -0.2) is 9.18 Å². The Labute approximate surface area is 224 Å². The van der Waals surface area contributed by atoms with E-state index >= 15 is 0 Å². The zero-order valence-electron chi connectivity index (χ0n) is 22.3. The van der Waals surface area contributed by atoms with Crippen molar-refractivity contribution in [2.75, 3.05) is 19.4 Å². The number of amides is 3. The Balaban J connectivity index is 1.77. The smallest absolute Gasteiger partial charge is 0.405 e. The Morgan fingerprint density at radius 2 is 2.03 bits per heavy atom. The van der Waals surface area contributed by atoms with E-state index in [2.05, 4.69) is 20.6 Å². The number of pyridine rings is 2. The highest BCUT2D eigenvalue weighted by Gasteiger charge is 2.21. The fourth-order valence-corrected chi connectivity index (χ4v) is 4.00. The molecule has 0 aromatic carbocycles. The molecule has 0 radical (unpaired) electrons. The van der Waals surface area contributed by atoms with E-state index in [1.54, 1.807) is 32.3 Å². The Morgan fingerprint density at radius 1 is 1.28 bits per heavy atom. The van der Waals surface area contributed by atoms with Crippen molar-refractivity contribution in [2.45, 2.75) is 45.7 Å². The predicted molar refractivity (Wildman–Crippen MR) is 145 cm³/mol. The summed E-state index contributed by atoms with van der Waals surface area (Å²) in [6.07, 6.45) is 5.20. The molecule has 0 fully saturated rings. The fourth-order valence-electron chi connectivity index (χ4n) is 4.00. The van der Waals surface area contributed by atoms with E-state index in [0.717, 1.165) is 5.69 Å². The molecule has 0 aliphatic heterocycles. The summed E-state index contributed by atoms with van der Waals surface area (Å²) in [5, 5.41) is 14.2. The zero-order valence-corrected chi connectivity index (χ0v) is 22.3. The summed E-state index contributed by atoms with van der Waals surface area (Å²) in [4.78, 5) is 57.6. The van der Waals surface area contributed by atoms with Gasteiger partial charge in [-0.3, -0.25) is 19.4 Å². The van der Waals surface area contributed by atoms with Gasteiger partial charge in [0.05, 0.1) is 24.0 Å². The molecule has 0 bridgehead atoms. The van der Waals surface area contributed by atoms with Crippen LogP contribution in [0.4, 0.5) is 14.9 Å². The summed E-state index contributed by atoms with van der Waals surface area (Å²) in [6.45, 7) is 4.16. The van der Waals surface area contributed by atoms with Crippen LogP contribution in [0.3, 0.4) is 0 Å². The second kappa shape index (κ2) is 12.9. The topological polar surface area (TPSA) is 149 Å². The number of anilines is 1. The Hall–Kier alpha value is -4.48. The highest BCUT2D eigenvalue weighted by molar-refractivity contribution is 5.96. The van der Waals surface area contributed by atoms with Gasteiger partial charge in [0, 0.05) is 31.4 Å². The summed E-state index contributed by atoms with van der Waals surface area (Å²) >= 11 is 0. The number of aromatic nitrogens is 3. The van der Waals surface area contributed by atoms with Crippen LogP contribution in [-0.2, 0) is 22.6 Å². The van der Waals surface area contributed by atoms with Gasteiger partial charge in [0.15, 0.2) is 5.82 Å². The Morgan fingerprint density at radius 3 is 2.69 bits per heavy atom. The lowest BCUT2D eigenvalue weighted by atomic mass is 10.1. The lowest BCUT2D eigenvalue weighted by molar-refractivity contribution is -0.123. The van der Waals surface area contributed by atoms with Gasteiger partial charge >= 0.3 is 6.09 Å². The Kier molecular flexibility index (Phi) is 9.58. The van der Waals surface area contributed by atoms with Gasteiger partial charge in [-0.1, -0.05) is 19.9 Å². The maximum absolute atomic E-state index is 14.4. The molecule has 0 spiro atoms. The van der Waals surface area contributed by atoms with Crippen LogP contribution in [0, 0.1) is 11.7 Å². The molecule has 0 unspecified atom stereocenters. The van der Waals surface area contributed by atoms with Crippen molar-refractivity contribution in [2.24, 2.45) is 5.92 Å². The molecule has 0 aliphatic carbocycles. The van der Waals surface area contributed by atoms with Crippen LogP contribution in [0.1, 0.15) is 38.1 Å². The normalized spacial score (nSPS) is 12.2. The lowest BCUT2D eigenvalue weighted by Crippen LogP contribution is -2.44. The van der Waals surface area contributed by atoms with E-state index in [0.29, 0.717) is 28.9 Å². The highest BCUT2D eigenvalue weighted by atomic mass is 19.1. The number of allylic oxidation sites excluding steroid dienone is 1. The highest BCUT2D eigenvalue weighted by Crippen LogP contribution is 2.23. The SMILES string of the molecule is CC(C)Cc1ncc(F)c2cc(Cn3cccc(NC(=O)[C@H](CC/C=C/C(=O)N(C)C)NC(=O)O)c3=O)[nH]c12. The van der Waals surface area contributed by atoms with E-state index in [-0.39, 0.29) is 31.0 Å². The first-order valence-corrected chi connectivity index (χ1v) is 12.5. The molecule has 39 heavy (non-hydrogen) atoms. The van der Waals surface area contributed by atoms with Gasteiger partial charge in [-0.2, -0.15) is 0 Å². The van der Waals surface area contributed by atoms with Crippen LogP contribution in [-0.4, -0.2) is 62.6 Å². The summed E-state index contributed by atoms with van der Waals surface area (Å²) in [7, 11) is 3.19. The van der Waals surface area contributed by atoms with Gasteiger partial charge < -0.3 is 30.2 Å². The third-order valence-corrected chi connectivity index (χ3v) is 5.91. The molecular weight excluding hydrogens is 507 g/mol. The molecular formula is C27H33FN6O5. The van der Waals surface area contributed by atoms with Crippen molar-refractivity contribution in [3.63, 3.8) is 0 Å². The number of carbonyl (C=O) groups excluding carboxylic acids is 2. The molecule has 4 N–H and O–H groups in total. The quantitative estimate of drug-likeness (QED) is 0.275. The van der Waals surface area contributed by atoms with Gasteiger partial charge in [0.25, 0.3) is 5.56 Å². The maximum atomic E-state index is 14.4. The van der Waals surface area contributed by atoms with E-state index in [1.165, 1.54) is 34.0 Å². The number of carboxylic acid groups (broad SMARTS) is 1. The van der Waals surface area contributed by atoms with Gasteiger partial charge in [0.1, 0.15) is 11.7 Å². The molecule has 208 valence electrons. The minimum atomic E-state index is -1.40. The van der Waals surface area contributed by atoms with Crippen LogP contribution in [0.15, 0.2) is 47.5 Å². The zero-order chi connectivity index (χ0) is 28.7. The molecule has 0 aliphatic rings. The number of nitrogens with zero attached hydrogens (tertiary/aromatic N) is 3. The number of fused-ring (bicyclic) bond motifs is 1. The van der Waals surface area contributed by atoms with Gasteiger partial charge in [-0.15, -0.1) is 0 Å². The monoisotopic (exact) mass is 540 g/mol. The minimum absolute atomic E-state index is 0.0394. The first-order chi connectivity index (χ1) is 18.5. The third kappa shape index (κ3) is 7.76. The number of halogens is 1. The molecule has 11 nitrogen and oxygen atoms in total. The first-order valence-electron chi connectivity index (χ1n) is 12.5. The largest absolute Gasteiger partial charge is 0.465 e. The number of hydrogen-bond donors (Lipinski definition) is 4. The van der Waals surface area contributed by atoms with Crippen molar-refractivity contribution in [1.82, 2.24) is 24.8 Å². The second-order valence-electron chi connectivity index (χ2n) is 9.79. The molecule has 0 saturated carbocycles. The number of H-pyrrole nitrogens is 1.